The number of hydrogen-bond donors (Lipinski definition) is 1. The monoisotopic (exact) mass is 377 g/mol. The highest BCUT2D eigenvalue weighted by Crippen LogP contribution is 2.33. The number of ether oxygens (including phenoxy) is 2. The summed E-state index contributed by atoms with van der Waals surface area (Å²) in [5, 5.41) is 5.01. The number of nitrogens with zero attached hydrogens (tertiary/aromatic N) is 2. The van der Waals surface area contributed by atoms with Crippen LogP contribution in [0, 0.1) is 6.92 Å². The molecule has 5 rings (SSSR count). The maximum absolute atomic E-state index is 12.6. The van der Waals surface area contributed by atoms with E-state index in [4.69, 9.17) is 9.47 Å². The fraction of sp³-hybridized carbons (Fsp3) is 0.100. The fourth-order valence-corrected chi connectivity index (χ4v) is 3.88. The van der Waals surface area contributed by atoms with Crippen molar-refractivity contribution in [3.05, 3.63) is 65.3 Å². The summed E-state index contributed by atoms with van der Waals surface area (Å²) in [5.41, 5.74) is 4.21. The lowest BCUT2D eigenvalue weighted by Crippen LogP contribution is -2.11. The van der Waals surface area contributed by atoms with Gasteiger partial charge in [0.25, 0.3) is 5.91 Å². The van der Waals surface area contributed by atoms with Gasteiger partial charge in [-0.05, 0) is 37.3 Å². The molecule has 7 heteroatoms. The van der Waals surface area contributed by atoms with Gasteiger partial charge < -0.3 is 14.8 Å². The largest absolute Gasteiger partial charge is 0.454 e. The quantitative estimate of drug-likeness (QED) is 0.576. The SMILES string of the molecule is Cc1csc2nc(-c3cccc(NC(=O)c4ccc5c(c4)OCO5)c3)cn12. The molecule has 0 unspecified atom stereocenters. The number of thiazole rings is 1. The van der Waals surface area contributed by atoms with Crippen LogP contribution in [-0.2, 0) is 0 Å². The molecule has 134 valence electrons. The molecular formula is C20H15N3O3S. The minimum atomic E-state index is -0.202. The van der Waals surface area contributed by atoms with Crippen LogP contribution in [0.2, 0.25) is 0 Å². The Morgan fingerprint density at radius 2 is 2.07 bits per heavy atom. The number of benzene rings is 2. The van der Waals surface area contributed by atoms with Crippen LogP contribution in [-0.4, -0.2) is 22.1 Å². The number of nitrogens with one attached hydrogen (secondary N) is 1. The Bertz CT molecular complexity index is 1180. The van der Waals surface area contributed by atoms with E-state index in [2.05, 4.69) is 27.0 Å². The Morgan fingerprint density at radius 3 is 2.96 bits per heavy atom. The second-order valence-electron chi connectivity index (χ2n) is 6.26. The predicted octanol–water partition coefficient (Wildman–Crippen LogP) is 4.35. The summed E-state index contributed by atoms with van der Waals surface area (Å²) in [4.78, 5) is 18.2. The van der Waals surface area contributed by atoms with Gasteiger partial charge in [0.05, 0.1) is 5.69 Å². The number of hydrogen-bond acceptors (Lipinski definition) is 5. The first-order valence-corrected chi connectivity index (χ1v) is 9.30. The van der Waals surface area contributed by atoms with Crippen LogP contribution in [0.4, 0.5) is 5.69 Å². The number of fused-ring (bicyclic) bond motifs is 2. The van der Waals surface area contributed by atoms with E-state index in [9.17, 15) is 4.79 Å². The van der Waals surface area contributed by atoms with Crippen LogP contribution in [0.5, 0.6) is 11.5 Å². The molecule has 0 spiro atoms. The lowest BCUT2D eigenvalue weighted by Gasteiger charge is -2.07. The Morgan fingerprint density at radius 1 is 1.19 bits per heavy atom. The summed E-state index contributed by atoms with van der Waals surface area (Å²) < 4.78 is 12.7. The van der Waals surface area contributed by atoms with E-state index in [1.807, 2.05) is 30.5 Å². The molecule has 1 amide bonds. The van der Waals surface area contributed by atoms with Crippen LogP contribution in [0.25, 0.3) is 16.2 Å². The highest BCUT2D eigenvalue weighted by atomic mass is 32.1. The molecule has 1 N–H and O–H groups in total. The average molecular weight is 377 g/mol. The van der Waals surface area contributed by atoms with Crippen molar-refractivity contribution in [2.24, 2.45) is 0 Å². The number of carbonyl (C=O) groups excluding carboxylic acids is 1. The molecule has 1 aliphatic rings. The van der Waals surface area contributed by atoms with Gasteiger partial charge in [0.15, 0.2) is 16.5 Å². The minimum absolute atomic E-state index is 0.185. The summed E-state index contributed by atoms with van der Waals surface area (Å²) in [6, 6.07) is 12.8. The lowest BCUT2D eigenvalue weighted by atomic mass is 10.1. The third-order valence-electron chi connectivity index (χ3n) is 4.44. The van der Waals surface area contributed by atoms with E-state index >= 15 is 0 Å². The van der Waals surface area contributed by atoms with Gasteiger partial charge in [-0.1, -0.05) is 12.1 Å². The summed E-state index contributed by atoms with van der Waals surface area (Å²) in [7, 11) is 0. The Labute approximate surface area is 159 Å². The molecule has 2 aromatic heterocycles. The van der Waals surface area contributed by atoms with E-state index in [1.165, 1.54) is 0 Å². The third kappa shape index (κ3) is 2.82. The summed E-state index contributed by atoms with van der Waals surface area (Å²) in [5.74, 6) is 1.04. The maximum atomic E-state index is 12.6. The van der Waals surface area contributed by atoms with Crippen molar-refractivity contribution in [2.45, 2.75) is 6.92 Å². The zero-order valence-electron chi connectivity index (χ0n) is 14.4. The molecule has 0 saturated carbocycles. The van der Waals surface area contributed by atoms with Crippen molar-refractivity contribution in [1.29, 1.82) is 0 Å². The molecule has 1 aliphatic heterocycles. The van der Waals surface area contributed by atoms with Crippen LogP contribution in [0.1, 0.15) is 16.1 Å². The first-order chi connectivity index (χ1) is 13.2. The lowest BCUT2D eigenvalue weighted by molar-refractivity contribution is 0.102. The van der Waals surface area contributed by atoms with E-state index in [0.717, 1.165) is 21.9 Å². The summed E-state index contributed by atoms with van der Waals surface area (Å²) in [6.07, 6.45) is 2.01. The molecule has 3 heterocycles. The van der Waals surface area contributed by atoms with Crippen molar-refractivity contribution in [1.82, 2.24) is 9.38 Å². The molecular weight excluding hydrogens is 362 g/mol. The molecule has 0 saturated heterocycles. The molecule has 4 aromatic rings. The maximum Gasteiger partial charge on any atom is 0.255 e. The molecule has 0 atom stereocenters. The smallest absolute Gasteiger partial charge is 0.255 e. The number of aromatic nitrogens is 2. The molecule has 0 bridgehead atoms. The zero-order valence-corrected chi connectivity index (χ0v) is 15.2. The number of amides is 1. The number of carbonyl (C=O) groups is 1. The first kappa shape index (κ1) is 15.9. The van der Waals surface area contributed by atoms with Crippen molar-refractivity contribution in [3.63, 3.8) is 0 Å². The minimum Gasteiger partial charge on any atom is -0.454 e. The topological polar surface area (TPSA) is 64.9 Å². The first-order valence-electron chi connectivity index (χ1n) is 8.42. The molecule has 0 aliphatic carbocycles. The van der Waals surface area contributed by atoms with Gasteiger partial charge in [-0.15, -0.1) is 11.3 Å². The fourth-order valence-electron chi connectivity index (χ4n) is 3.03. The summed E-state index contributed by atoms with van der Waals surface area (Å²) >= 11 is 1.61. The second-order valence-corrected chi connectivity index (χ2v) is 7.10. The van der Waals surface area contributed by atoms with E-state index < -0.39 is 0 Å². The molecule has 27 heavy (non-hydrogen) atoms. The Hall–Kier alpha value is -3.32. The predicted molar refractivity (Wildman–Crippen MR) is 104 cm³/mol. The van der Waals surface area contributed by atoms with Gasteiger partial charge in [-0.3, -0.25) is 9.20 Å². The van der Waals surface area contributed by atoms with Crippen molar-refractivity contribution in [2.75, 3.05) is 12.1 Å². The zero-order chi connectivity index (χ0) is 18.4. The standard InChI is InChI=1S/C20H15N3O3S/c1-12-10-27-20-22-16(9-23(12)20)13-3-2-4-15(7-13)21-19(24)14-5-6-17-18(8-14)26-11-25-17/h2-10H,11H2,1H3,(H,21,24). The Balaban J connectivity index is 1.41. The van der Waals surface area contributed by atoms with Crippen LogP contribution >= 0.6 is 11.3 Å². The van der Waals surface area contributed by atoms with Gasteiger partial charge in [-0.2, -0.15) is 0 Å². The number of rotatable bonds is 3. The van der Waals surface area contributed by atoms with Crippen LogP contribution in [0.15, 0.2) is 54.0 Å². The number of anilines is 1. The van der Waals surface area contributed by atoms with E-state index in [0.29, 0.717) is 22.7 Å². The molecule has 0 radical (unpaired) electrons. The highest BCUT2D eigenvalue weighted by Gasteiger charge is 2.16. The molecule has 2 aromatic carbocycles. The number of aryl methyl sites for hydroxylation is 1. The number of imidazole rings is 1. The average Bonchev–Trinajstić information content (AvgIpc) is 3.38. The summed E-state index contributed by atoms with van der Waals surface area (Å²) in [6.45, 7) is 2.24. The normalized spacial score (nSPS) is 12.5. The van der Waals surface area contributed by atoms with Crippen molar-refractivity contribution in [3.8, 4) is 22.8 Å². The molecule has 0 fully saturated rings. The van der Waals surface area contributed by atoms with Gasteiger partial charge in [0, 0.05) is 34.1 Å². The van der Waals surface area contributed by atoms with E-state index in [-0.39, 0.29) is 12.7 Å². The third-order valence-corrected chi connectivity index (χ3v) is 5.40. The highest BCUT2D eigenvalue weighted by molar-refractivity contribution is 7.15. The van der Waals surface area contributed by atoms with Gasteiger partial charge in [0.1, 0.15) is 0 Å². The van der Waals surface area contributed by atoms with Gasteiger partial charge in [0.2, 0.25) is 6.79 Å². The van der Waals surface area contributed by atoms with Gasteiger partial charge in [-0.25, -0.2) is 4.98 Å². The van der Waals surface area contributed by atoms with Crippen molar-refractivity contribution >= 4 is 27.9 Å². The second kappa shape index (κ2) is 6.14. The Kier molecular flexibility index (Phi) is 3.61. The van der Waals surface area contributed by atoms with Crippen LogP contribution < -0.4 is 14.8 Å². The van der Waals surface area contributed by atoms with Crippen molar-refractivity contribution < 1.29 is 14.3 Å². The molecule has 6 nitrogen and oxygen atoms in total. The van der Waals surface area contributed by atoms with Crippen LogP contribution in [0.3, 0.4) is 0 Å². The van der Waals surface area contributed by atoms with Gasteiger partial charge >= 0.3 is 0 Å². The van der Waals surface area contributed by atoms with E-state index in [1.54, 1.807) is 29.5 Å².